The Hall–Kier alpha value is -4.31. The number of methoxy groups -OCH3 is 2. The van der Waals surface area contributed by atoms with Gasteiger partial charge in [0.05, 0.1) is 40.8 Å². The zero-order valence-electron chi connectivity index (χ0n) is 20.8. The molecule has 0 unspecified atom stereocenters. The Balaban J connectivity index is 1.66. The van der Waals surface area contributed by atoms with Crippen molar-refractivity contribution in [3.63, 3.8) is 0 Å². The highest BCUT2D eigenvalue weighted by Gasteiger charge is 2.33. The van der Waals surface area contributed by atoms with Crippen LogP contribution in [-0.4, -0.2) is 41.6 Å². The van der Waals surface area contributed by atoms with E-state index in [-0.39, 0.29) is 23.3 Å². The van der Waals surface area contributed by atoms with E-state index in [0.717, 1.165) is 5.69 Å². The molecule has 2 aliphatic heterocycles. The van der Waals surface area contributed by atoms with E-state index in [4.69, 9.17) is 9.47 Å². The number of pyridine rings is 2. The maximum Gasteiger partial charge on any atom is 0.255 e. The van der Waals surface area contributed by atoms with Crippen LogP contribution in [0, 0.1) is 11.6 Å². The molecular weight excluding hydrogens is 492 g/mol. The number of carbonyl (C=O) groups excluding carboxylic acids is 1. The van der Waals surface area contributed by atoms with Gasteiger partial charge in [-0.25, -0.2) is 13.8 Å². The molecule has 0 saturated heterocycles. The fourth-order valence-corrected chi connectivity index (χ4v) is 5.23. The number of ether oxygens (including phenoxy) is 2. The minimum Gasteiger partial charge on any atom is -0.492 e. The average molecular weight is 518 g/mol. The maximum absolute atomic E-state index is 15.2. The van der Waals surface area contributed by atoms with E-state index < -0.39 is 17.7 Å². The van der Waals surface area contributed by atoms with Crippen molar-refractivity contribution in [3.8, 4) is 17.0 Å². The summed E-state index contributed by atoms with van der Waals surface area (Å²) in [4.78, 5) is 25.7. The molecule has 2 atom stereocenters. The molecule has 5 heterocycles. The van der Waals surface area contributed by atoms with Crippen molar-refractivity contribution in [1.29, 1.82) is 0 Å². The largest absolute Gasteiger partial charge is 0.492 e. The predicted octanol–water partition coefficient (Wildman–Crippen LogP) is 5.52. The molecule has 6 rings (SSSR count). The lowest BCUT2D eigenvalue weighted by atomic mass is 9.93. The number of amides is 1. The van der Waals surface area contributed by atoms with E-state index in [2.05, 4.69) is 25.6 Å². The van der Waals surface area contributed by atoms with E-state index in [0.29, 0.717) is 58.6 Å². The van der Waals surface area contributed by atoms with Gasteiger partial charge in [0.25, 0.3) is 5.91 Å². The second-order valence-corrected chi connectivity index (χ2v) is 9.27. The van der Waals surface area contributed by atoms with Gasteiger partial charge < -0.3 is 25.1 Å². The number of carbonyl (C=O) groups is 1. The predicted molar refractivity (Wildman–Crippen MR) is 139 cm³/mol. The summed E-state index contributed by atoms with van der Waals surface area (Å²) in [6.45, 7) is 0.443. The molecule has 3 N–H and O–H groups in total. The first kappa shape index (κ1) is 24.1. The molecule has 8 nitrogen and oxygen atoms in total. The second kappa shape index (κ2) is 9.53. The normalized spacial score (nSPS) is 19.3. The van der Waals surface area contributed by atoms with Crippen LogP contribution in [0.2, 0.25) is 0 Å². The summed E-state index contributed by atoms with van der Waals surface area (Å²) in [6.07, 6.45) is 6.00. The Kier molecular flexibility index (Phi) is 6.03. The topological polar surface area (TPSA) is 101 Å². The molecule has 3 aromatic heterocycles. The van der Waals surface area contributed by atoms with Crippen LogP contribution < -0.4 is 15.4 Å². The summed E-state index contributed by atoms with van der Waals surface area (Å²) in [7, 11) is 2.91. The fraction of sp³-hybridized carbons (Fsp3) is 0.250. The zero-order chi connectivity index (χ0) is 26.4. The summed E-state index contributed by atoms with van der Waals surface area (Å²) >= 11 is 0. The number of halogens is 2. The average Bonchev–Trinajstić information content (AvgIpc) is 3.29. The number of para-hydroxylation sites is 1. The highest BCUT2D eigenvalue weighted by molar-refractivity contribution is 6.08. The Morgan fingerprint density at radius 1 is 1.11 bits per heavy atom. The van der Waals surface area contributed by atoms with Crippen LogP contribution in [0.5, 0.6) is 5.75 Å². The van der Waals surface area contributed by atoms with Gasteiger partial charge in [-0.05, 0) is 31.0 Å². The lowest BCUT2D eigenvalue weighted by Crippen LogP contribution is -2.34. The summed E-state index contributed by atoms with van der Waals surface area (Å²) in [5, 5.41) is 6.23. The summed E-state index contributed by atoms with van der Waals surface area (Å²) in [5.41, 5.74) is 4.10. The molecule has 4 aromatic rings. The first-order valence-corrected chi connectivity index (χ1v) is 12.3. The molecule has 4 bridgehead atoms. The van der Waals surface area contributed by atoms with Crippen LogP contribution in [0.4, 0.5) is 20.2 Å². The number of allylic oxidation sites excluding steroid dienone is 1. The number of hydrogen-bond donors (Lipinski definition) is 3. The molecule has 0 radical (unpaired) electrons. The van der Waals surface area contributed by atoms with Gasteiger partial charge in [0.15, 0.2) is 11.6 Å². The first-order valence-electron chi connectivity index (χ1n) is 12.3. The van der Waals surface area contributed by atoms with E-state index in [1.54, 1.807) is 24.4 Å². The lowest BCUT2D eigenvalue weighted by Gasteiger charge is -2.23. The summed E-state index contributed by atoms with van der Waals surface area (Å²) in [5.74, 6) is -1.34. The number of nitrogens with one attached hydrogen (secondary N) is 3. The molecule has 2 aliphatic rings. The number of aromatic amines is 1. The molecule has 0 aliphatic carbocycles. The lowest BCUT2D eigenvalue weighted by molar-refractivity contribution is 0.0941. The molecule has 0 spiro atoms. The number of rotatable bonds is 4. The molecule has 194 valence electrons. The van der Waals surface area contributed by atoms with Gasteiger partial charge in [0.2, 0.25) is 0 Å². The quantitative estimate of drug-likeness (QED) is 0.308. The van der Waals surface area contributed by atoms with E-state index in [9.17, 15) is 9.18 Å². The third kappa shape index (κ3) is 3.88. The molecule has 0 fully saturated rings. The summed E-state index contributed by atoms with van der Waals surface area (Å²) < 4.78 is 40.6. The SMILES string of the molecule is COc1c(F)cccc1Nc1c2[nH]c3c1C(=O)NC[C@H]3C/C=C\C[C@@H](OC)c1nc3c-2ccnc3cc1F. The Morgan fingerprint density at radius 3 is 2.76 bits per heavy atom. The van der Waals surface area contributed by atoms with Crippen molar-refractivity contribution in [3.05, 3.63) is 77.3 Å². The van der Waals surface area contributed by atoms with Gasteiger partial charge in [0.1, 0.15) is 17.6 Å². The second-order valence-electron chi connectivity index (χ2n) is 9.27. The molecule has 1 aromatic carbocycles. The minimum atomic E-state index is -0.585. The van der Waals surface area contributed by atoms with Gasteiger partial charge in [-0.15, -0.1) is 0 Å². The maximum atomic E-state index is 15.2. The van der Waals surface area contributed by atoms with E-state index in [1.807, 2.05) is 12.2 Å². The fourth-order valence-electron chi connectivity index (χ4n) is 5.23. The number of H-pyrrole nitrogens is 1. The Morgan fingerprint density at radius 2 is 1.95 bits per heavy atom. The first-order chi connectivity index (χ1) is 18.5. The smallest absolute Gasteiger partial charge is 0.255 e. The zero-order valence-corrected chi connectivity index (χ0v) is 20.8. The highest BCUT2D eigenvalue weighted by atomic mass is 19.1. The summed E-state index contributed by atoms with van der Waals surface area (Å²) in [6, 6.07) is 7.63. The van der Waals surface area contributed by atoms with Gasteiger partial charge in [-0.1, -0.05) is 18.2 Å². The number of nitrogens with zero attached hydrogens (tertiary/aromatic N) is 2. The molecule has 10 heteroatoms. The van der Waals surface area contributed by atoms with Crippen molar-refractivity contribution in [2.75, 3.05) is 26.1 Å². The van der Waals surface area contributed by atoms with Gasteiger partial charge >= 0.3 is 0 Å². The van der Waals surface area contributed by atoms with E-state index in [1.165, 1.54) is 26.4 Å². The monoisotopic (exact) mass is 517 g/mol. The number of fused-ring (bicyclic) bond motifs is 3. The van der Waals surface area contributed by atoms with Crippen LogP contribution in [0.25, 0.3) is 22.3 Å². The molecule has 1 amide bonds. The van der Waals surface area contributed by atoms with Gasteiger partial charge in [0, 0.05) is 43.1 Å². The van der Waals surface area contributed by atoms with Crippen LogP contribution in [0.3, 0.4) is 0 Å². The van der Waals surface area contributed by atoms with Gasteiger partial charge in [-0.2, -0.15) is 0 Å². The van der Waals surface area contributed by atoms with Crippen LogP contribution in [0.15, 0.2) is 48.7 Å². The van der Waals surface area contributed by atoms with E-state index >= 15 is 4.39 Å². The third-order valence-electron chi connectivity index (χ3n) is 7.09. The van der Waals surface area contributed by atoms with Crippen molar-refractivity contribution >= 4 is 28.3 Å². The Labute approximate surface area is 217 Å². The molecular formula is C28H25F2N5O3. The molecule has 0 saturated carbocycles. The number of aromatic nitrogens is 3. The van der Waals surface area contributed by atoms with Crippen molar-refractivity contribution in [2.45, 2.75) is 24.9 Å². The van der Waals surface area contributed by atoms with Crippen molar-refractivity contribution < 1.29 is 23.0 Å². The minimum absolute atomic E-state index is 0.0171. The van der Waals surface area contributed by atoms with Crippen molar-refractivity contribution in [1.82, 2.24) is 20.3 Å². The van der Waals surface area contributed by atoms with Gasteiger partial charge in [-0.3, -0.25) is 9.78 Å². The molecule has 38 heavy (non-hydrogen) atoms. The third-order valence-corrected chi connectivity index (χ3v) is 7.09. The standard InChI is InChI=1S/C28H25F2N5O3/c1-37-20-9-4-3-6-14-13-32-28(36)21-22(14)34-24(26(21)33-18-8-5-7-16(29)27(18)38-2)15-10-11-31-19-12-17(30)25(20)35-23(15)19/h3-5,7-8,10-12,14,20,33-34H,6,9,13H2,1-2H3,(H,32,36)/b4-3-/t14-,20-/m1/s1. The van der Waals surface area contributed by atoms with Crippen LogP contribution in [0.1, 0.15) is 46.6 Å². The Bertz CT molecular complexity index is 1600. The highest BCUT2D eigenvalue weighted by Crippen LogP contribution is 2.44. The number of anilines is 2. The number of benzene rings is 1. The number of hydrogen-bond acceptors (Lipinski definition) is 6. The van der Waals surface area contributed by atoms with Crippen LogP contribution >= 0.6 is 0 Å². The van der Waals surface area contributed by atoms with Crippen LogP contribution in [-0.2, 0) is 4.74 Å². The van der Waals surface area contributed by atoms with Crippen molar-refractivity contribution in [2.24, 2.45) is 0 Å².